The number of methoxy groups -OCH3 is 1. The molecule has 1 aliphatic carbocycles. The van der Waals surface area contributed by atoms with Gasteiger partial charge in [0.15, 0.2) is 0 Å². The first-order chi connectivity index (χ1) is 21.2. The minimum atomic E-state index is -3.71. The minimum absolute atomic E-state index is 0.00684. The molecular weight excluding hydrogens is 568 g/mol. The molecule has 0 aliphatic heterocycles. The van der Waals surface area contributed by atoms with Gasteiger partial charge in [0, 0.05) is 23.0 Å². The van der Waals surface area contributed by atoms with E-state index < -0.39 is 9.84 Å². The zero-order chi connectivity index (χ0) is 31.0. The zero-order valence-electron chi connectivity index (χ0n) is 25.6. The Kier molecular flexibility index (Phi) is 7.95. The molecule has 0 bridgehead atoms. The summed E-state index contributed by atoms with van der Waals surface area (Å²) in [5.41, 5.74) is 7.10. The lowest BCUT2D eigenvalue weighted by molar-refractivity contribution is 0.242. The Morgan fingerprint density at radius 1 is 0.636 bits per heavy atom. The summed E-state index contributed by atoms with van der Waals surface area (Å²) in [5.74, 6) is 2.74. The van der Waals surface area contributed by atoms with Crippen LogP contribution in [0.4, 0.5) is 0 Å². The van der Waals surface area contributed by atoms with Gasteiger partial charge in [-0.1, -0.05) is 55.5 Å². The molecule has 0 aromatic heterocycles. The third kappa shape index (κ3) is 5.35. The normalized spacial score (nSPS) is 15.8. The summed E-state index contributed by atoms with van der Waals surface area (Å²) in [5, 5.41) is 0. The summed E-state index contributed by atoms with van der Waals surface area (Å²) < 4.78 is 44.9. The van der Waals surface area contributed by atoms with Crippen molar-refractivity contribution in [1.82, 2.24) is 0 Å². The lowest BCUT2D eigenvalue weighted by atomic mass is 9.69. The van der Waals surface area contributed by atoms with Gasteiger partial charge in [-0.2, -0.15) is 0 Å². The van der Waals surface area contributed by atoms with Crippen molar-refractivity contribution in [1.29, 1.82) is 0 Å². The van der Waals surface area contributed by atoms with Crippen molar-refractivity contribution >= 4 is 9.84 Å². The molecule has 5 aromatic rings. The molecule has 0 fully saturated rings. The van der Waals surface area contributed by atoms with Gasteiger partial charge in [0.25, 0.3) is 0 Å². The summed E-state index contributed by atoms with van der Waals surface area (Å²) >= 11 is 0. The zero-order valence-corrected chi connectivity index (χ0v) is 26.4. The van der Waals surface area contributed by atoms with Gasteiger partial charge in [-0.05, 0) is 104 Å². The first kappa shape index (κ1) is 29.5. The third-order valence-electron chi connectivity index (χ3n) is 8.29. The highest BCUT2D eigenvalue weighted by molar-refractivity contribution is 7.91. The van der Waals surface area contributed by atoms with Crippen LogP contribution in [-0.4, -0.2) is 21.6 Å². The molecule has 224 valence electrons. The van der Waals surface area contributed by atoms with E-state index in [4.69, 9.17) is 14.2 Å². The molecule has 0 N–H and O–H groups in total. The fourth-order valence-corrected chi connectivity index (χ4v) is 7.50. The van der Waals surface area contributed by atoms with E-state index in [-0.39, 0.29) is 27.7 Å². The Morgan fingerprint density at radius 2 is 1.18 bits per heavy atom. The molecule has 0 spiro atoms. The molecule has 0 saturated heterocycles. The van der Waals surface area contributed by atoms with Crippen molar-refractivity contribution in [2.75, 3.05) is 7.11 Å². The van der Waals surface area contributed by atoms with Gasteiger partial charge in [0.05, 0.1) is 23.0 Å². The second-order valence-corrected chi connectivity index (χ2v) is 13.4. The van der Waals surface area contributed by atoms with E-state index in [0.29, 0.717) is 11.5 Å². The van der Waals surface area contributed by atoms with E-state index >= 15 is 0 Å². The molecule has 0 amide bonds. The molecule has 2 unspecified atom stereocenters. The second-order valence-electron chi connectivity index (χ2n) is 11.4. The van der Waals surface area contributed by atoms with Crippen molar-refractivity contribution in [3.8, 4) is 23.0 Å². The Hall–Kier alpha value is -4.55. The molecule has 5 aromatic carbocycles. The van der Waals surface area contributed by atoms with Gasteiger partial charge in [0.1, 0.15) is 23.0 Å². The van der Waals surface area contributed by atoms with E-state index in [1.54, 1.807) is 55.6 Å². The Balaban J connectivity index is 1.37. The van der Waals surface area contributed by atoms with E-state index in [1.165, 1.54) is 22.3 Å². The minimum Gasteiger partial charge on any atom is -0.496 e. The number of hydrogen-bond acceptors (Lipinski definition) is 5. The summed E-state index contributed by atoms with van der Waals surface area (Å²) in [6, 6.07) is 34.1. The molecule has 44 heavy (non-hydrogen) atoms. The quantitative estimate of drug-likeness (QED) is 0.177. The van der Waals surface area contributed by atoms with Crippen LogP contribution in [-0.2, 0) is 9.84 Å². The average Bonchev–Trinajstić information content (AvgIpc) is 3.02. The number of aryl methyl sites for hydroxylation is 1. The SMILES string of the molecule is COc1ccc(Oc2ccc(S(=O)(=O)c3ccc(OC(C)C)cc3)cc2)c2c1C(c1ccccc1C)c1ccccc1C2C. The van der Waals surface area contributed by atoms with Crippen LogP contribution in [0.25, 0.3) is 0 Å². The van der Waals surface area contributed by atoms with E-state index in [2.05, 4.69) is 62.4 Å². The van der Waals surface area contributed by atoms with Crippen molar-refractivity contribution < 1.29 is 22.6 Å². The van der Waals surface area contributed by atoms with E-state index in [1.807, 2.05) is 26.0 Å². The summed E-state index contributed by atoms with van der Waals surface area (Å²) in [4.78, 5) is 0.405. The lowest BCUT2D eigenvalue weighted by Gasteiger charge is -2.35. The van der Waals surface area contributed by atoms with Gasteiger partial charge in [-0.3, -0.25) is 0 Å². The van der Waals surface area contributed by atoms with Crippen molar-refractivity contribution in [2.45, 2.75) is 55.4 Å². The molecule has 1 aliphatic rings. The molecule has 0 saturated carbocycles. The second kappa shape index (κ2) is 11.9. The molecule has 0 radical (unpaired) electrons. The molecule has 6 heteroatoms. The molecule has 0 heterocycles. The molecule has 2 atom stereocenters. The number of fused-ring (bicyclic) bond motifs is 2. The van der Waals surface area contributed by atoms with Gasteiger partial charge >= 0.3 is 0 Å². The number of hydrogen-bond donors (Lipinski definition) is 0. The van der Waals surface area contributed by atoms with Gasteiger partial charge in [0.2, 0.25) is 9.84 Å². The fraction of sp³-hybridized carbons (Fsp3) is 0.211. The van der Waals surface area contributed by atoms with Crippen LogP contribution in [0.15, 0.2) is 119 Å². The number of benzene rings is 5. The number of sulfone groups is 1. The molecule has 5 nitrogen and oxygen atoms in total. The van der Waals surface area contributed by atoms with E-state index in [9.17, 15) is 8.42 Å². The van der Waals surface area contributed by atoms with Gasteiger partial charge in [-0.15, -0.1) is 0 Å². The molecular formula is C38H36O5S. The van der Waals surface area contributed by atoms with Crippen LogP contribution < -0.4 is 14.2 Å². The summed E-state index contributed by atoms with van der Waals surface area (Å²) in [6.45, 7) is 8.20. The van der Waals surface area contributed by atoms with E-state index in [0.717, 1.165) is 22.6 Å². The summed E-state index contributed by atoms with van der Waals surface area (Å²) in [6.07, 6.45) is 0.00684. The number of ether oxygens (including phenoxy) is 3. The Bertz CT molecular complexity index is 1910. The van der Waals surface area contributed by atoms with Crippen LogP contribution in [0.3, 0.4) is 0 Å². The van der Waals surface area contributed by atoms with Gasteiger partial charge < -0.3 is 14.2 Å². The average molecular weight is 605 g/mol. The standard InChI is InChI=1S/C38H36O5S/c1-24(2)42-27-14-18-29(19-15-27)44(39,40)30-20-16-28(17-21-30)43-35-23-22-34(41-5)38-36(35)26(4)32-12-8-9-13-33(32)37(38)31-11-7-6-10-25(31)3/h6-24,26,37H,1-5H3. The highest BCUT2D eigenvalue weighted by Gasteiger charge is 2.36. The maximum absolute atomic E-state index is 13.4. The lowest BCUT2D eigenvalue weighted by Crippen LogP contribution is -2.20. The highest BCUT2D eigenvalue weighted by Crippen LogP contribution is 2.53. The third-order valence-corrected chi connectivity index (χ3v) is 10.1. The van der Waals surface area contributed by atoms with Crippen LogP contribution in [0.5, 0.6) is 23.0 Å². The first-order valence-corrected chi connectivity index (χ1v) is 16.3. The van der Waals surface area contributed by atoms with Crippen LogP contribution in [0.1, 0.15) is 66.0 Å². The Morgan fingerprint density at radius 3 is 1.77 bits per heavy atom. The van der Waals surface area contributed by atoms with Crippen LogP contribution in [0.2, 0.25) is 0 Å². The van der Waals surface area contributed by atoms with Gasteiger partial charge in [-0.25, -0.2) is 8.42 Å². The highest BCUT2D eigenvalue weighted by atomic mass is 32.2. The number of rotatable bonds is 8. The first-order valence-electron chi connectivity index (χ1n) is 14.8. The van der Waals surface area contributed by atoms with Crippen LogP contribution in [0, 0.1) is 6.92 Å². The van der Waals surface area contributed by atoms with Crippen molar-refractivity contribution in [3.05, 3.63) is 143 Å². The summed E-state index contributed by atoms with van der Waals surface area (Å²) in [7, 11) is -2.00. The van der Waals surface area contributed by atoms with Crippen molar-refractivity contribution in [2.24, 2.45) is 0 Å². The van der Waals surface area contributed by atoms with Crippen molar-refractivity contribution in [3.63, 3.8) is 0 Å². The maximum Gasteiger partial charge on any atom is 0.206 e. The Labute approximate surface area is 260 Å². The smallest absolute Gasteiger partial charge is 0.206 e. The topological polar surface area (TPSA) is 61.8 Å². The monoisotopic (exact) mass is 604 g/mol. The molecule has 6 rings (SSSR count). The predicted octanol–water partition coefficient (Wildman–Crippen LogP) is 9.06. The maximum atomic E-state index is 13.4. The fourth-order valence-electron chi connectivity index (χ4n) is 6.24. The largest absolute Gasteiger partial charge is 0.496 e. The van der Waals surface area contributed by atoms with Crippen LogP contribution >= 0.6 is 0 Å². The predicted molar refractivity (Wildman–Crippen MR) is 173 cm³/mol.